The van der Waals surface area contributed by atoms with Crippen LogP contribution in [0.15, 0.2) is 64.1 Å². The Labute approximate surface area is 97.6 Å². The van der Waals surface area contributed by atoms with Gasteiger partial charge in [0.05, 0.1) is 5.69 Å². The van der Waals surface area contributed by atoms with E-state index < -0.39 is 0 Å². The van der Waals surface area contributed by atoms with Crippen molar-refractivity contribution >= 4 is 27.8 Å². The topological polar surface area (TPSA) is 12.4 Å². The lowest BCUT2D eigenvalue weighted by Crippen LogP contribution is -1.77. The van der Waals surface area contributed by atoms with Gasteiger partial charge in [0.25, 0.3) is 0 Å². The summed E-state index contributed by atoms with van der Waals surface area (Å²) in [6.45, 7) is 0. The van der Waals surface area contributed by atoms with E-state index in [0.29, 0.717) is 0 Å². The molecule has 0 amide bonds. The summed E-state index contributed by atoms with van der Waals surface area (Å²) in [5.74, 6) is 0. The van der Waals surface area contributed by atoms with E-state index in [4.69, 9.17) is 0 Å². The largest absolute Gasteiger partial charge is 0.256 e. The molecular formula is C13H10BrN. The molecule has 0 N–H and O–H groups in total. The molecule has 0 saturated carbocycles. The number of aliphatic imine (C=N–C) groups is 1. The summed E-state index contributed by atoms with van der Waals surface area (Å²) in [5, 5.41) is 0. The van der Waals surface area contributed by atoms with Crippen LogP contribution in [-0.4, -0.2) is 6.21 Å². The van der Waals surface area contributed by atoms with Crippen LogP contribution >= 0.6 is 15.9 Å². The summed E-state index contributed by atoms with van der Waals surface area (Å²) in [6, 6.07) is 18.0. The highest BCUT2D eigenvalue weighted by atomic mass is 79.9. The van der Waals surface area contributed by atoms with Gasteiger partial charge < -0.3 is 0 Å². The highest BCUT2D eigenvalue weighted by Gasteiger charge is 1.88. The van der Waals surface area contributed by atoms with Crippen molar-refractivity contribution in [3.05, 3.63) is 64.6 Å². The molecule has 0 saturated heterocycles. The van der Waals surface area contributed by atoms with Gasteiger partial charge >= 0.3 is 0 Å². The number of rotatable bonds is 2. The number of halogens is 1. The standard InChI is InChI=1S/C13H10BrN/c14-12-6-8-13(9-7-12)15-10-11-4-2-1-3-5-11/h1-10H/b15-10+. The predicted molar refractivity (Wildman–Crippen MR) is 67.8 cm³/mol. The molecule has 0 aliphatic carbocycles. The average Bonchev–Trinajstić information content (AvgIpc) is 2.30. The van der Waals surface area contributed by atoms with Crippen LogP contribution in [0.5, 0.6) is 0 Å². The molecule has 0 atom stereocenters. The molecule has 0 aromatic heterocycles. The molecular weight excluding hydrogens is 250 g/mol. The molecule has 2 aromatic carbocycles. The van der Waals surface area contributed by atoms with E-state index in [2.05, 4.69) is 20.9 Å². The minimum atomic E-state index is 0.960. The van der Waals surface area contributed by atoms with Crippen molar-refractivity contribution in [2.24, 2.45) is 4.99 Å². The smallest absolute Gasteiger partial charge is 0.0630 e. The number of nitrogens with zero attached hydrogens (tertiary/aromatic N) is 1. The molecule has 74 valence electrons. The third kappa shape index (κ3) is 3.03. The SMILES string of the molecule is Brc1ccc(/N=C/c2ccccc2)cc1. The van der Waals surface area contributed by atoms with Crippen LogP contribution in [-0.2, 0) is 0 Å². The van der Waals surface area contributed by atoms with E-state index in [1.165, 1.54) is 0 Å². The lowest BCUT2D eigenvalue weighted by Gasteiger charge is -1.94. The Morgan fingerprint density at radius 2 is 1.53 bits per heavy atom. The van der Waals surface area contributed by atoms with Crippen LogP contribution in [0.3, 0.4) is 0 Å². The van der Waals surface area contributed by atoms with E-state index in [1.807, 2.05) is 60.8 Å². The minimum Gasteiger partial charge on any atom is -0.256 e. The normalized spacial score (nSPS) is 10.7. The van der Waals surface area contributed by atoms with Gasteiger partial charge in [-0.1, -0.05) is 46.3 Å². The molecule has 0 radical (unpaired) electrons. The fourth-order valence-electron chi connectivity index (χ4n) is 1.22. The summed E-state index contributed by atoms with van der Waals surface area (Å²) in [4.78, 5) is 4.37. The zero-order valence-corrected chi connectivity index (χ0v) is 9.68. The fraction of sp³-hybridized carbons (Fsp3) is 0. The molecule has 2 aromatic rings. The van der Waals surface area contributed by atoms with Gasteiger partial charge in [0.15, 0.2) is 0 Å². The number of hydrogen-bond donors (Lipinski definition) is 0. The van der Waals surface area contributed by atoms with E-state index in [1.54, 1.807) is 0 Å². The lowest BCUT2D eigenvalue weighted by molar-refractivity contribution is 1.51. The van der Waals surface area contributed by atoms with Crippen molar-refractivity contribution in [2.45, 2.75) is 0 Å². The maximum atomic E-state index is 4.37. The van der Waals surface area contributed by atoms with Crippen LogP contribution in [0.25, 0.3) is 0 Å². The molecule has 2 rings (SSSR count). The quantitative estimate of drug-likeness (QED) is 0.717. The van der Waals surface area contributed by atoms with Crippen LogP contribution in [0.4, 0.5) is 5.69 Å². The van der Waals surface area contributed by atoms with E-state index in [9.17, 15) is 0 Å². The van der Waals surface area contributed by atoms with Crippen LogP contribution < -0.4 is 0 Å². The molecule has 0 aliphatic rings. The van der Waals surface area contributed by atoms with Gasteiger partial charge in [-0.2, -0.15) is 0 Å². The maximum absolute atomic E-state index is 4.37. The Kier molecular flexibility index (Phi) is 3.30. The Balaban J connectivity index is 2.15. The van der Waals surface area contributed by atoms with Gasteiger partial charge in [-0.15, -0.1) is 0 Å². The molecule has 0 aliphatic heterocycles. The predicted octanol–water partition coefficient (Wildman–Crippen LogP) is 4.20. The van der Waals surface area contributed by atoms with Crippen LogP contribution in [0.1, 0.15) is 5.56 Å². The molecule has 15 heavy (non-hydrogen) atoms. The van der Waals surface area contributed by atoms with Crippen molar-refractivity contribution < 1.29 is 0 Å². The second-order valence-corrected chi connectivity index (χ2v) is 4.06. The molecule has 0 spiro atoms. The van der Waals surface area contributed by atoms with Crippen molar-refractivity contribution in [2.75, 3.05) is 0 Å². The Hall–Kier alpha value is -1.41. The second-order valence-electron chi connectivity index (χ2n) is 3.15. The van der Waals surface area contributed by atoms with Crippen molar-refractivity contribution in [1.29, 1.82) is 0 Å². The lowest BCUT2D eigenvalue weighted by atomic mass is 10.2. The summed E-state index contributed by atoms with van der Waals surface area (Å²) in [5.41, 5.74) is 2.07. The maximum Gasteiger partial charge on any atom is 0.0630 e. The fourth-order valence-corrected chi connectivity index (χ4v) is 1.48. The highest BCUT2D eigenvalue weighted by molar-refractivity contribution is 9.10. The van der Waals surface area contributed by atoms with Crippen molar-refractivity contribution in [3.63, 3.8) is 0 Å². The first-order valence-corrected chi connectivity index (χ1v) is 5.48. The van der Waals surface area contributed by atoms with Gasteiger partial charge in [0.2, 0.25) is 0 Å². The Bertz CT molecular complexity index is 446. The third-order valence-corrected chi connectivity index (χ3v) is 2.52. The monoisotopic (exact) mass is 259 g/mol. The van der Waals surface area contributed by atoms with Crippen molar-refractivity contribution in [1.82, 2.24) is 0 Å². The molecule has 0 unspecified atom stereocenters. The van der Waals surface area contributed by atoms with Crippen LogP contribution in [0.2, 0.25) is 0 Å². The molecule has 2 heteroatoms. The van der Waals surface area contributed by atoms with Gasteiger partial charge in [-0.05, 0) is 29.8 Å². The average molecular weight is 260 g/mol. The van der Waals surface area contributed by atoms with Gasteiger partial charge in [0, 0.05) is 10.7 Å². The second kappa shape index (κ2) is 4.89. The first-order valence-electron chi connectivity index (χ1n) is 4.69. The van der Waals surface area contributed by atoms with Gasteiger partial charge in [-0.25, -0.2) is 0 Å². The summed E-state index contributed by atoms with van der Waals surface area (Å²) in [7, 11) is 0. The third-order valence-electron chi connectivity index (χ3n) is 1.99. The minimum absolute atomic E-state index is 0.960. The number of hydrogen-bond acceptors (Lipinski definition) is 1. The molecule has 0 bridgehead atoms. The highest BCUT2D eigenvalue weighted by Crippen LogP contribution is 2.16. The van der Waals surface area contributed by atoms with Gasteiger partial charge in [0.1, 0.15) is 0 Å². The molecule has 0 fully saturated rings. The zero-order valence-electron chi connectivity index (χ0n) is 8.10. The Morgan fingerprint density at radius 3 is 2.20 bits per heavy atom. The van der Waals surface area contributed by atoms with Gasteiger partial charge in [-0.3, -0.25) is 4.99 Å². The van der Waals surface area contributed by atoms with E-state index in [0.717, 1.165) is 15.7 Å². The zero-order chi connectivity index (χ0) is 10.5. The first-order chi connectivity index (χ1) is 7.34. The summed E-state index contributed by atoms with van der Waals surface area (Å²) < 4.78 is 1.07. The molecule has 1 nitrogen and oxygen atoms in total. The van der Waals surface area contributed by atoms with Crippen molar-refractivity contribution in [3.8, 4) is 0 Å². The first kappa shape index (κ1) is 10.1. The van der Waals surface area contributed by atoms with E-state index >= 15 is 0 Å². The summed E-state index contributed by atoms with van der Waals surface area (Å²) >= 11 is 3.39. The van der Waals surface area contributed by atoms with Crippen LogP contribution in [0, 0.1) is 0 Å². The molecule has 0 heterocycles. The summed E-state index contributed by atoms with van der Waals surface area (Å²) in [6.07, 6.45) is 1.86. The Morgan fingerprint density at radius 1 is 0.867 bits per heavy atom. The van der Waals surface area contributed by atoms with E-state index in [-0.39, 0.29) is 0 Å². The number of benzene rings is 2.